The van der Waals surface area contributed by atoms with Crippen LogP contribution in [0.5, 0.6) is 11.5 Å². The number of rotatable bonds is 5. The van der Waals surface area contributed by atoms with E-state index in [0.717, 1.165) is 23.6 Å². The molecule has 100 valence electrons. The Kier molecular flexibility index (Phi) is 4.44. The van der Waals surface area contributed by atoms with Gasteiger partial charge in [0.15, 0.2) is 11.5 Å². The Morgan fingerprint density at radius 3 is 2.83 bits per heavy atom. The normalized spacial score (nSPS) is 17.3. The van der Waals surface area contributed by atoms with E-state index in [1.165, 1.54) is 0 Å². The molecule has 1 aliphatic heterocycles. The van der Waals surface area contributed by atoms with Crippen molar-refractivity contribution in [2.24, 2.45) is 5.92 Å². The monoisotopic (exact) mass is 251 g/mol. The molecule has 0 saturated heterocycles. The average molecular weight is 251 g/mol. The number of aliphatic hydroxyl groups excluding tert-OH is 1. The van der Waals surface area contributed by atoms with Crippen LogP contribution in [-0.2, 0) is 6.54 Å². The molecule has 18 heavy (non-hydrogen) atoms. The van der Waals surface area contributed by atoms with Crippen LogP contribution in [0, 0.1) is 5.92 Å². The van der Waals surface area contributed by atoms with Gasteiger partial charge < -0.3 is 19.9 Å². The van der Waals surface area contributed by atoms with Gasteiger partial charge in [-0.1, -0.05) is 19.1 Å². The van der Waals surface area contributed by atoms with Crippen molar-refractivity contribution in [1.82, 2.24) is 5.32 Å². The molecule has 0 aromatic heterocycles. The Hall–Kier alpha value is -1.26. The number of hydrogen-bond acceptors (Lipinski definition) is 4. The number of hydrogen-bond donors (Lipinski definition) is 2. The van der Waals surface area contributed by atoms with E-state index < -0.39 is 0 Å². The standard InChI is InChI=1S/C14H21NO3/c1-10(9-16)11(2)15-8-12-4-3-5-13-14(12)18-7-6-17-13/h3-5,10-11,15-16H,6-9H2,1-2H3. The van der Waals surface area contributed by atoms with Crippen LogP contribution in [0.3, 0.4) is 0 Å². The van der Waals surface area contributed by atoms with Crippen LogP contribution >= 0.6 is 0 Å². The van der Waals surface area contributed by atoms with Gasteiger partial charge in [-0.05, 0) is 18.9 Å². The minimum Gasteiger partial charge on any atom is -0.486 e. The van der Waals surface area contributed by atoms with Crippen molar-refractivity contribution < 1.29 is 14.6 Å². The molecule has 1 aromatic carbocycles. The van der Waals surface area contributed by atoms with E-state index >= 15 is 0 Å². The highest BCUT2D eigenvalue weighted by Crippen LogP contribution is 2.33. The molecule has 0 aliphatic carbocycles. The number of para-hydroxylation sites is 1. The number of benzene rings is 1. The smallest absolute Gasteiger partial charge is 0.165 e. The van der Waals surface area contributed by atoms with Gasteiger partial charge in [-0.3, -0.25) is 0 Å². The van der Waals surface area contributed by atoms with Gasteiger partial charge in [0.05, 0.1) is 0 Å². The summed E-state index contributed by atoms with van der Waals surface area (Å²) in [6, 6.07) is 6.20. The minimum atomic E-state index is 0.195. The van der Waals surface area contributed by atoms with E-state index in [4.69, 9.17) is 14.6 Å². The molecule has 4 nitrogen and oxygen atoms in total. The lowest BCUT2D eigenvalue weighted by atomic mass is 10.0. The van der Waals surface area contributed by atoms with Gasteiger partial charge in [0, 0.05) is 24.8 Å². The molecule has 2 atom stereocenters. The Bertz CT molecular complexity index is 395. The maximum absolute atomic E-state index is 9.11. The molecule has 0 bridgehead atoms. The van der Waals surface area contributed by atoms with Crippen molar-refractivity contribution in [3.8, 4) is 11.5 Å². The molecule has 0 fully saturated rings. The fraction of sp³-hybridized carbons (Fsp3) is 0.571. The third kappa shape index (κ3) is 2.94. The molecule has 1 aromatic rings. The summed E-state index contributed by atoms with van der Waals surface area (Å²) in [5.41, 5.74) is 1.10. The minimum absolute atomic E-state index is 0.195. The summed E-state index contributed by atoms with van der Waals surface area (Å²) in [4.78, 5) is 0. The highest BCUT2D eigenvalue weighted by atomic mass is 16.6. The van der Waals surface area contributed by atoms with Gasteiger partial charge in [0.1, 0.15) is 13.2 Å². The maximum Gasteiger partial charge on any atom is 0.165 e. The van der Waals surface area contributed by atoms with Crippen molar-refractivity contribution in [3.63, 3.8) is 0 Å². The molecule has 2 unspecified atom stereocenters. The summed E-state index contributed by atoms with van der Waals surface area (Å²) >= 11 is 0. The molecular weight excluding hydrogens is 230 g/mol. The number of aliphatic hydroxyl groups is 1. The van der Waals surface area contributed by atoms with Crippen LogP contribution in [-0.4, -0.2) is 31.0 Å². The lowest BCUT2D eigenvalue weighted by Gasteiger charge is -2.23. The quantitative estimate of drug-likeness (QED) is 0.834. The van der Waals surface area contributed by atoms with Gasteiger partial charge in [0.2, 0.25) is 0 Å². The molecule has 0 amide bonds. The van der Waals surface area contributed by atoms with E-state index in [9.17, 15) is 0 Å². The molecule has 1 aliphatic rings. The van der Waals surface area contributed by atoms with Gasteiger partial charge in [-0.15, -0.1) is 0 Å². The zero-order chi connectivity index (χ0) is 13.0. The van der Waals surface area contributed by atoms with Gasteiger partial charge in [-0.25, -0.2) is 0 Å². The van der Waals surface area contributed by atoms with Crippen LogP contribution < -0.4 is 14.8 Å². The van der Waals surface area contributed by atoms with E-state index in [-0.39, 0.29) is 18.6 Å². The van der Waals surface area contributed by atoms with E-state index in [2.05, 4.69) is 12.2 Å². The molecule has 0 saturated carbocycles. The predicted octanol–water partition coefficient (Wildman–Crippen LogP) is 1.56. The second-order valence-corrected chi connectivity index (χ2v) is 4.77. The molecule has 1 heterocycles. The molecule has 0 radical (unpaired) electrons. The van der Waals surface area contributed by atoms with Crippen molar-refractivity contribution in [1.29, 1.82) is 0 Å². The summed E-state index contributed by atoms with van der Waals surface area (Å²) in [5, 5.41) is 12.5. The Labute approximate surface area is 108 Å². The summed E-state index contributed by atoms with van der Waals surface area (Å²) < 4.78 is 11.2. The molecular formula is C14H21NO3. The van der Waals surface area contributed by atoms with Crippen LogP contribution in [0.4, 0.5) is 0 Å². The zero-order valence-electron chi connectivity index (χ0n) is 11.0. The Balaban J connectivity index is 2.01. The molecule has 4 heteroatoms. The third-order valence-electron chi connectivity index (χ3n) is 3.40. The first kappa shape index (κ1) is 13.2. The topological polar surface area (TPSA) is 50.7 Å². The molecule has 2 N–H and O–H groups in total. The van der Waals surface area contributed by atoms with Crippen molar-refractivity contribution in [3.05, 3.63) is 23.8 Å². The van der Waals surface area contributed by atoms with Gasteiger partial charge in [-0.2, -0.15) is 0 Å². The molecule has 2 rings (SSSR count). The Morgan fingerprint density at radius 1 is 1.28 bits per heavy atom. The van der Waals surface area contributed by atoms with Crippen molar-refractivity contribution in [2.75, 3.05) is 19.8 Å². The van der Waals surface area contributed by atoms with Crippen LogP contribution in [0.1, 0.15) is 19.4 Å². The summed E-state index contributed by atoms with van der Waals surface area (Å²) in [6.07, 6.45) is 0. The lowest BCUT2D eigenvalue weighted by molar-refractivity contribution is 0.169. The largest absolute Gasteiger partial charge is 0.486 e. The second kappa shape index (κ2) is 6.07. The van der Waals surface area contributed by atoms with E-state index in [0.29, 0.717) is 13.2 Å². The molecule has 0 spiro atoms. The van der Waals surface area contributed by atoms with Crippen molar-refractivity contribution in [2.45, 2.75) is 26.4 Å². The van der Waals surface area contributed by atoms with E-state index in [1.807, 2.05) is 25.1 Å². The first-order valence-electron chi connectivity index (χ1n) is 6.44. The number of ether oxygens (including phenoxy) is 2. The summed E-state index contributed by atoms with van der Waals surface area (Å²) in [6.45, 7) is 6.23. The van der Waals surface area contributed by atoms with Crippen LogP contribution in [0.25, 0.3) is 0 Å². The Morgan fingerprint density at radius 2 is 2.06 bits per heavy atom. The predicted molar refractivity (Wildman–Crippen MR) is 70.0 cm³/mol. The van der Waals surface area contributed by atoms with Gasteiger partial charge in [0.25, 0.3) is 0 Å². The number of fused-ring (bicyclic) bond motifs is 1. The van der Waals surface area contributed by atoms with Crippen LogP contribution in [0.2, 0.25) is 0 Å². The average Bonchev–Trinajstić information content (AvgIpc) is 2.43. The summed E-state index contributed by atoms with van der Waals surface area (Å²) in [5.74, 6) is 1.91. The zero-order valence-corrected chi connectivity index (χ0v) is 11.0. The first-order chi connectivity index (χ1) is 8.72. The highest BCUT2D eigenvalue weighted by Gasteiger charge is 2.16. The summed E-state index contributed by atoms with van der Waals surface area (Å²) in [7, 11) is 0. The van der Waals surface area contributed by atoms with E-state index in [1.54, 1.807) is 0 Å². The van der Waals surface area contributed by atoms with Crippen LogP contribution in [0.15, 0.2) is 18.2 Å². The highest BCUT2D eigenvalue weighted by molar-refractivity contribution is 5.47. The number of nitrogens with one attached hydrogen (secondary N) is 1. The lowest BCUT2D eigenvalue weighted by Crippen LogP contribution is -2.33. The third-order valence-corrected chi connectivity index (χ3v) is 3.40. The second-order valence-electron chi connectivity index (χ2n) is 4.77. The maximum atomic E-state index is 9.11. The van der Waals surface area contributed by atoms with Gasteiger partial charge >= 0.3 is 0 Å². The van der Waals surface area contributed by atoms with Crippen molar-refractivity contribution >= 4 is 0 Å². The SMILES string of the molecule is CC(CO)C(C)NCc1cccc2c1OCCO2. The fourth-order valence-corrected chi connectivity index (χ4v) is 1.90. The first-order valence-corrected chi connectivity index (χ1v) is 6.44. The fourth-order valence-electron chi connectivity index (χ4n) is 1.90.